The zero-order valence-corrected chi connectivity index (χ0v) is 12.7. The van der Waals surface area contributed by atoms with E-state index < -0.39 is 10.8 Å². The van der Waals surface area contributed by atoms with E-state index in [2.05, 4.69) is 17.1 Å². The molecule has 2 rings (SSSR count). The van der Waals surface area contributed by atoms with Crippen molar-refractivity contribution in [1.82, 2.24) is 10.2 Å². The van der Waals surface area contributed by atoms with Crippen LogP contribution >= 0.6 is 0 Å². The first-order valence-electron chi connectivity index (χ1n) is 7.41. The molecule has 1 heterocycles. The number of hydrogen-bond acceptors (Lipinski definition) is 3. The van der Waals surface area contributed by atoms with Crippen LogP contribution in [0.1, 0.15) is 45.4 Å². The Labute approximate surface area is 114 Å². The van der Waals surface area contributed by atoms with Crippen molar-refractivity contribution < 1.29 is 4.21 Å². The summed E-state index contributed by atoms with van der Waals surface area (Å²) in [6.07, 6.45) is 9.61. The largest absolute Gasteiger partial charge is 0.310 e. The fraction of sp³-hybridized carbons (Fsp3) is 1.00. The molecule has 1 aliphatic carbocycles. The average molecular weight is 272 g/mol. The Morgan fingerprint density at radius 1 is 1.33 bits per heavy atom. The summed E-state index contributed by atoms with van der Waals surface area (Å²) >= 11 is 0. The zero-order valence-electron chi connectivity index (χ0n) is 11.9. The molecule has 106 valence electrons. The minimum atomic E-state index is -0.672. The third-order valence-electron chi connectivity index (χ3n) is 4.66. The molecule has 2 unspecified atom stereocenters. The molecule has 0 amide bonds. The van der Waals surface area contributed by atoms with Gasteiger partial charge in [0, 0.05) is 34.4 Å². The van der Waals surface area contributed by atoms with Crippen LogP contribution in [0.5, 0.6) is 0 Å². The summed E-state index contributed by atoms with van der Waals surface area (Å²) in [5, 5.41) is 4.13. The highest BCUT2D eigenvalue weighted by molar-refractivity contribution is 7.84. The second-order valence-corrected chi connectivity index (χ2v) is 7.94. The molecule has 0 aromatic carbocycles. The molecule has 18 heavy (non-hydrogen) atoms. The lowest BCUT2D eigenvalue weighted by atomic mass is 9.97. The molecule has 2 atom stereocenters. The van der Waals surface area contributed by atoms with Crippen molar-refractivity contribution >= 4 is 10.8 Å². The summed E-state index contributed by atoms with van der Waals surface area (Å²) in [6, 6.07) is 0. The maximum Gasteiger partial charge on any atom is 0.0329 e. The maximum atomic E-state index is 11.4. The first-order chi connectivity index (χ1) is 8.61. The fourth-order valence-corrected chi connectivity index (χ4v) is 3.76. The smallest absolute Gasteiger partial charge is 0.0329 e. The van der Waals surface area contributed by atoms with E-state index in [1.54, 1.807) is 0 Å². The Bertz CT molecular complexity index is 290. The standard InChI is InChI=1S/C14H28N2OS/c1-13(18(2)17)6-11-16-10-5-9-15-14(12-16)7-3-4-8-14/h13,15H,3-12H2,1-2H3. The zero-order chi connectivity index (χ0) is 13.0. The van der Waals surface area contributed by atoms with E-state index in [1.807, 2.05) is 6.26 Å². The minimum absolute atomic E-state index is 0.334. The third kappa shape index (κ3) is 3.78. The molecule has 3 nitrogen and oxygen atoms in total. The lowest BCUT2D eigenvalue weighted by Gasteiger charge is -2.33. The van der Waals surface area contributed by atoms with E-state index in [4.69, 9.17) is 0 Å². The summed E-state index contributed by atoms with van der Waals surface area (Å²) in [5.41, 5.74) is 0.408. The summed E-state index contributed by atoms with van der Waals surface area (Å²) < 4.78 is 11.4. The highest BCUT2D eigenvalue weighted by Crippen LogP contribution is 2.31. The van der Waals surface area contributed by atoms with Gasteiger partial charge in [0.15, 0.2) is 0 Å². The molecule has 1 N–H and O–H groups in total. The molecule has 2 fully saturated rings. The van der Waals surface area contributed by atoms with Crippen LogP contribution < -0.4 is 5.32 Å². The van der Waals surface area contributed by atoms with E-state index in [0.717, 1.165) is 13.0 Å². The van der Waals surface area contributed by atoms with Crippen molar-refractivity contribution in [2.24, 2.45) is 0 Å². The molecule has 0 bridgehead atoms. The predicted octanol–water partition coefficient (Wildman–Crippen LogP) is 1.75. The highest BCUT2D eigenvalue weighted by atomic mass is 32.2. The Balaban J connectivity index is 1.85. The second kappa shape index (κ2) is 6.49. The lowest BCUT2D eigenvalue weighted by Crippen LogP contribution is -2.49. The van der Waals surface area contributed by atoms with Gasteiger partial charge in [-0.3, -0.25) is 4.21 Å². The van der Waals surface area contributed by atoms with Gasteiger partial charge in [0.05, 0.1) is 0 Å². The van der Waals surface area contributed by atoms with E-state index in [-0.39, 0.29) is 0 Å². The monoisotopic (exact) mass is 272 g/mol. The van der Waals surface area contributed by atoms with Crippen LogP contribution in [-0.4, -0.2) is 52.3 Å². The van der Waals surface area contributed by atoms with E-state index >= 15 is 0 Å². The Morgan fingerprint density at radius 2 is 2.06 bits per heavy atom. The second-order valence-electron chi connectivity index (χ2n) is 6.14. The van der Waals surface area contributed by atoms with E-state index in [0.29, 0.717) is 10.8 Å². The van der Waals surface area contributed by atoms with E-state index in [1.165, 1.54) is 51.7 Å². The molecule has 1 saturated heterocycles. The number of nitrogens with one attached hydrogen (secondary N) is 1. The molecule has 1 saturated carbocycles. The first kappa shape index (κ1) is 14.5. The van der Waals surface area contributed by atoms with Crippen molar-refractivity contribution in [2.45, 2.75) is 56.2 Å². The fourth-order valence-electron chi connectivity index (χ4n) is 3.33. The van der Waals surface area contributed by atoms with Crippen LogP contribution in [0, 0.1) is 0 Å². The summed E-state index contributed by atoms with van der Waals surface area (Å²) in [7, 11) is -0.672. The van der Waals surface area contributed by atoms with Gasteiger partial charge in [0.2, 0.25) is 0 Å². The third-order valence-corrected chi connectivity index (χ3v) is 6.03. The molecule has 0 aromatic rings. The Morgan fingerprint density at radius 3 is 2.72 bits per heavy atom. The van der Waals surface area contributed by atoms with Crippen LogP contribution in [0.25, 0.3) is 0 Å². The van der Waals surface area contributed by atoms with Gasteiger partial charge in [-0.15, -0.1) is 0 Å². The van der Waals surface area contributed by atoms with Gasteiger partial charge in [-0.1, -0.05) is 19.8 Å². The van der Waals surface area contributed by atoms with Crippen molar-refractivity contribution in [1.29, 1.82) is 0 Å². The van der Waals surface area contributed by atoms with Gasteiger partial charge in [-0.2, -0.15) is 0 Å². The van der Waals surface area contributed by atoms with Gasteiger partial charge >= 0.3 is 0 Å². The van der Waals surface area contributed by atoms with Crippen LogP contribution in [0.3, 0.4) is 0 Å². The topological polar surface area (TPSA) is 32.3 Å². The van der Waals surface area contributed by atoms with Crippen molar-refractivity contribution in [3.63, 3.8) is 0 Å². The molecule has 0 aromatic heterocycles. The summed E-state index contributed by atoms with van der Waals surface area (Å²) in [4.78, 5) is 2.61. The van der Waals surface area contributed by atoms with Crippen molar-refractivity contribution in [2.75, 3.05) is 32.4 Å². The van der Waals surface area contributed by atoms with Crippen LogP contribution in [-0.2, 0) is 10.8 Å². The minimum Gasteiger partial charge on any atom is -0.310 e. The van der Waals surface area contributed by atoms with Gasteiger partial charge in [0.25, 0.3) is 0 Å². The molecule has 2 aliphatic rings. The number of rotatable bonds is 4. The predicted molar refractivity (Wildman–Crippen MR) is 78.4 cm³/mol. The van der Waals surface area contributed by atoms with Crippen molar-refractivity contribution in [3.05, 3.63) is 0 Å². The highest BCUT2D eigenvalue weighted by Gasteiger charge is 2.36. The normalized spacial score (nSPS) is 28.1. The molecule has 1 spiro atoms. The van der Waals surface area contributed by atoms with Gasteiger partial charge < -0.3 is 10.2 Å². The molecule has 4 heteroatoms. The van der Waals surface area contributed by atoms with Gasteiger partial charge in [-0.25, -0.2) is 0 Å². The molecule has 0 radical (unpaired) electrons. The van der Waals surface area contributed by atoms with Gasteiger partial charge in [-0.05, 0) is 45.3 Å². The van der Waals surface area contributed by atoms with Crippen LogP contribution in [0.4, 0.5) is 0 Å². The van der Waals surface area contributed by atoms with Crippen LogP contribution in [0.2, 0.25) is 0 Å². The SMILES string of the molecule is CC(CCN1CCCNC2(CCCC2)C1)S(C)=O. The maximum absolute atomic E-state index is 11.4. The number of hydrogen-bond donors (Lipinski definition) is 1. The molecular weight excluding hydrogens is 244 g/mol. The first-order valence-corrected chi connectivity index (χ1v) is 9.03. The van der Waals surface area contributed by atoms with E-state index in [9.17, 15) is 4.21 Å². The number of nitrogens with zero attached hydrogens (tertiary/aromatic N) is 1. The van der Waals surface area contributed by atoms with Crippen molar-refractivity contribution in [3.8, 4) is 0 Å². The lowest BCUT2D eigenvalue weighted by molar-refractivity contribution is 0.208. The van der Waals surface area contributed by atoms with Gasteiger partial charge in [0.1, 0.15) is 0 Å². The average Bonchev–Trinajstić information content (AvgIpc) is 2.68. The van der Waals surface area contributed by atoms with Crippen LogP contribution in [0.15, 0.2) is 0 Å². The Hall–Kier alpha value is 0.0700. The summed E-state index contributed by atoms with van der Waals surface area (Å²) in [6.45, 7) is 6.81. The Kier molecular flexibility index (Phi) is 5.22. The summed E-state index contributed by atoms with van der Waals surface area (Å²) in [5.74, 6) is 0. The quantitative estimate of drug-likeness (QED) is 0.846. The molecular formula is C14H28N2OS. The molecule has 1 aliphatic heterocycles.